The second-order valence-corrected chi connectivity index (χ2v) is 9.22. The molecule has 0 saturated heterocycles. The predicted octanol–water partition coefficient (Wildman–Crippen LogP) is 3.93. The van der Waals surface area contributed by atoms with Crippen molar-refractivity contribution in [2.24, 2.45) is 7.05 Å². The van der Waals surface area contributed by atoms with Crippen molar-refractivity contribution >= 4 is 48.5 Å². The summed E-state index contributed by atoms with van der Waals surface area (Å²) in [6, 6.07) is 8.70. The molecule has 0 spiro atoms. The second kappa shape index (κ2) is 7.82. The predicted molar refractivity (Wildman–Crippen MR) is 120 cm³/mol. The van der Waals surface area contributed by atoms with E-state index in [4.69, 9.17) is 10.5 Å². The van der Waals surface area contributed by atoms with Crippen molar-refractivity contribution in [3.05, 3.63) is 59.2 Å². The number of nitrogens with zero attached hydrogens (tertiary/aromatic N) is 3. The Morgan fingerprint density at radius 2 is 1.97 bits per heavy atom. The molecule has 4 aromatic rings. The molecule has 0 aliphatic heterocycles. The standard InChI is InChI=1S/C20H17BrFN5O3S/c1-27-9-13(17-19(23)24-10-25-20(17)27)12-4-3-5-15(18(12)22)26-31(28,29)11-6-7-16(30-2)14(21)8-11/h3-10,26H,1-2H3,(H2,23,24,25). The minimum atomic E-state index is -4.06. The fraction of sp³-hybridized carbons (Fsp3) is 0.100. The largest absolute Gasteiger partial charge is 0.496 e. The highest BCUT2D eigenvalue weighted by Gasteiger charge is 2.22. The van der Waals surface area contributed by atoms with Gasteiger partial charge in [0.05, 0.1) is 27.6 Å². The maximum atomic E-state index is 15.4. The Morgan fingerprint density at radius 1 is 1.19 bits per heavy atom. The van der Waals surface area contributed by atoms with Crippen LogP contribution in [0.2, 0.25) is 0 Å². The maximum Gasteiger partial charge on any atom is 0.262 e. The third-order valence-electron chi connectivity index (χ3n) is 4.75. The molecule has 2 aromatic heterocycles. The lowest BCUT2D eigenvalue weighted by Gasteiger charge is -2.12. The van der Waals surface area contributed by atoms with Crippen LogP contribution < -0.4 is 15.2 Å². The van der Waals surface area contributed by atoms with Crippen molar-refractivity contribution in [2.45, 2.75) is 4.90 Å². The molecule has 160 valence electrons. The zero-order valence-corrected chi connectivity index (χ0v) is 18.8. The molecule has 31 heavy (non-hydrogen) atoms. The summed E-state index contributed by atoms with van der Waals surface area (Å²) in [7, 11) is -0.833. The van der Waals surface area contributed by atoms with Gasteiger partial charge in [0.2, 0.25) is 0 Å². The van der Waals surface area contributed by atoms with Gasteiger partial charge in [-0.05, 0) is 40.2 Å². The van der Waals surface area contributed by atoms with E-state index in [9.17, 15) is 8.42 Å². The van der Waals surface area contributed by atoms with E-state index in [1.165, 1.54) is 43.8 Å². The van der Waals surface area contributed by atoms with Crippen molar-refractivity contribution in [3.8, 4) is 16.9 Å². The smallest absolute Gasteiger partial charge is 0.262 e. The minimum Gasteiger partial charge on any atom is -0.496 e. The van der Waals surface area contributed by atoms with Crippen LogP contribution in [-0.2, 0) is 17.1 Å². The van der Waals surface area contributed by atoms with E-state index < -0.39 is 15.8 Å². The quantitative estimate of drug-likeness (QED) is 0.424. The van der Waals surface area contributed by atoms with Crippen molar-refractivity contribution in [1.29, 1.82) is 0 Å². The molecule has 0 amide bonds. The van der Waals surface area contributed by atoms with E-state index in [1.807, 2.05) is 0 Å². The van der Waals surface area contributed by atoms with Crippen LogP contribution in [0.1, 0.15) is 0 Å². The van der Waals surface area contributed by atoms with Gasteiger partial charge >= 0.3 is 0 Å². The van der Waals surface area contributed by atoms with Gasteiger partial charge in [0.1, 0.15) is 23.5 Å². The summed E-state index contributed by atoms with van der Waals surface area (Å²) in [5.41, 5.74) is 6.97. The number of anilines is 2. The zero-order chi connectivity index (χ0) is 22.3. The molecule has 0 aliphatic rings. The summed E-state index contributed by atoms with van der Waals surface area (Å²) in [6.07, 6.45) is 3.00. The molecule has 0 saturated carbocycles. The lowest BCUT2D eigenvalue weighted by Crippen LogP contribution is -2.14. The van der Waals surface area contributed by atoms with Crippen LogP contribution in [-0.4, -0.2) is 30.1 Å². The number of hydrogen-bond donors (Lipinski definition) is 2. The molecule has 2 aromatic carbocycles. The van der Waals surface area contributed by atoms with Gasteiger partial charge in [-0.1, -0.05) is 12.1 Å². The van der Waals surface area contributed by atoms with Crippen molar-refractivity contribution in [2.75, 3.05) is 17.6 Å². The number of fused-ring (bicyclic) bond motifs is 1. The molecule has 0 atom stereocenters. The van der Waals surface area contributed by atoms with Crippen LogP contribution in [0.5, 0.6) is 5.75 Å². The fourth-order valence-corrected chi connectivity index (χ4v) is 5.05. The number of nitrogen functional groups attached to an aromatic ring is 1. The molecule has 0 fully saturated rings. The minimum absolute atomic E-state index is 0.0483. The first-order valence-electron chi connectivity index (χ1n) is 8.93. The SMILES string of the molecule is COc1ccc(S(=O)(=O)Nc2cccc(-c3cn(C)c4ncnc(N)c34)c2F)cc1Br. The molecule has 0 radical (unpaired) electrons. The average Bonchev–Trinajstić information content (AvgIpc) is 3.07. The Hall–Kier alpha value is -3.18. The summed E-state index contributed by atoms with van der Waals surface area (Å²) < 4.78 is 50.7. The summed E-state index contributed by atoms with van der Waals surface area (Å²) in [4.78, 5) is 8.12. The second-order valence-electron chi connectivity index (χ2n) is 6.68. The molecule has 0 bridgehead atoms. The van der Waals surface area contributed by atoms with Crippen LogP contribution in [0.3, 0.4) is 0 Å². The summed E-state index contributed by atoms with van der Waals surface area (Å²) >= 11 is 3.26. The van der Waals surface area contributed by atoms with E-state index in [2.05, 4.69) is 30.6 Å². The number of aryl methyl sites for hydroxylation is 1. The normalized spacial score (nSPS) is 11.6. The van der Waals surface area contributed by atoms with Crippen molar-refractivity contribution < 1.29 is 17.5 Å². The maximum absolute atomic E-state index is 15.4. The van der Waals surface area contributed by atoms with Crippen molar-refractivity contribution in [3.63, 3.8) is 0 Å². The molecule has 0 unspecified atom stereocenters. The Bertz CT molecular complexity index is 1420. The average molecular weight is 506 g/mol. The van der Waals surface area contributed by atoms with Crippen LogP contribution in [0.25, 0.3) is 22.2 Å². The first kappa shape index (κ1) is 21.1. The van der Waals surface area contributed by atoms with Crippen molar-refractivity contribution in [1.82, 2.24) is 14.5 Å². The highest BCUT2D eigenvalue weighted by molar-refractivity contribution is 9.10. The van der Waals surface area contributed by atoms with Gasteiger partial charge in [0, 0.05) is 24.4 Å². The summed E-state index contributed by atoms with van der Waals surface area (Å²) in [5.74, 6) is -0.0636. The van der Waals surface area contributed by atoms with Gasteiger partial charge in [0.25, 0.3) is 10.0 Å². The van der Waals surface area contributed by atoms with Crippen LogP contribution in [0.15, 0.2) is 58.3 Å². The molecule has 8 nitrogen and oxygen atoms in total. The summed E-state index contributed by atoms with van der Waals surface area (Å²) in [6.45, 7) is 0. The van der Waals surface area contributed by atoms with Gasteiger partial charge in [-0.3, -0.25) is 4.72 Å². The van der Waals surface area contributed by atoms with E-state index in [0.717, 1.165) is 0 Å². The molecule has 2 heterocycles. The molecule has 11 heteroatoms. The number of hydrogen-bond acceptors (Lipinski definition) is 6. The first-order valence-corrected chi connectivity index (χ1v) is 11.2. The van der Waals surface area contributed by atoms with E-state index in [-0.39, 0.29) is 22.0 Å². The number of halogens is 2. The Labute approximate surface area is 186 Å². The Kier molecular flexibility index (Phi) is 5.31. The lowest BCUT2D eigenvalue weighted by atomic mass is 10.0. The van der Waals surface area contributed by atoms with Gasteiger partial charge in [-0.2, -0.15) is 0 Å². The van der Waals surface area contributed by atoms with E-state index in [0.29, 0.717) is 26.8 Å². The Balaban J connectivity index is 1.78. The molecular weight excluding hydrogens is 489 g/mol. The van der Waals surface area contributed by atoms with Gasteiger partial charge in [-0.25, -0.2) is 22.8 Å². The number of nitrogens with two attached hydrogens (primary N) is 1. The molecule has 0 aliphatic carbocycles. The highest BCUT2D eigenvalue weighted by atomic mass is 79.9. The van der Waals surface area contributed by atoms with Crippen LogP contribution >= 0.6 is 15.9 Å². The number of benzene rings is 2. The van der Waals surface area contributed by atoms with E-state index in [1.54, 1.807) is 23.9 Å². The van der Waals surface area contributed by atoms with Gasteiger partial charge in [0.15, 0.2) is 5.82 Å². The number of rotatable bonds is 5. The monoisotopic (exact) mass is 505 g/mol. The molecule has 3 N–H and O–H groups in total. The number of methoxy groups -OCH3 is 1. The third-order valence-corrected chi connectivity index (χ3v) is 6.73. The number of aromatic nitrogens is 3. The van der Waals surface area contributed by atoms with E-state index >= 15 is 4.39 Å². The first-order chi connectivity index (χ1) is 14.7. The fourth-order valence-electron chi connectivity index (χ4n) is 3.28. The van der Waals surface area contributed by atoms with Crippen LogP contribution in [0, 0.1) is 5.82 Å². The summed E-state index contributed by atoms with van der Waals surface area (Å²) in [5, 5.41) is 0.489. The third kappa shape index (κ3) is 3.70. The lowest BCUT2D eigenvalue weighted by molar-refractivity contribution is 0.411. The highest BCUT2D eigenvalue weighted by Crippen LogP contribution is 2.36. The molecular formula is C20H17BrFN5O3S. The number of sulfonamides is 1. The topological polar surface area (TPSA) is 112 Å². The Morgan fingerprint density at radius 3 is 2.68 bits per heavy atom. The zero-order valence-electron chi connectivity index (χ0n) is 16.4. The van der Waals surface area contributed by atoms with Gasteiger partial charge in [-0.15, -0.1) is 0 Å². The van der Waals surface area contributed by atoms with Gasteiger partial charge < -0.3 is 15.0 Å². The number of ether oxygens (including phenoxy) is 1. The van der Waals surface area contributed by atoms with Crippen LogP contribution in [0.4, 0.5) is 15.9 Å². The number of nitrogens with one attached hydrogen (secondary N) is 1. The molecule has 4 rings (SSSR count).